The van der Waals surface area contributed by atoms with Crippen LogP contribution in [0.25, 0.3) is 0 Å². The molecule has 0 unspecified atom stereocenters. The molecule has 0 bridgehead atoms. The fourth-order valence-corrected chi connectivity index (χ4v) is 2.38. The average Bonchev–Trinajstić information content (AvgIpc) is 2.68. The topological polar surface area (TPSA) is 50.7 Å². The Kier molecular flexibility index (Phi) is 4.10. The molecule has 1 aliphatic rings. The first kappa shape index (κ1) is 15.2. The Labute approximate surface area is 134 Å². The maximum Gasteiger partial charge on any atom is 0.212 e. The zero-order chi connectivity index (χ0) is 16.4. The van der Waals surface area contributed by atoms with Gasteiger partial charge in [-0.25, -0.2) is 4.39 Å². The van der Waals surface area contributed by atoms with Crippen LogP contribution in [0.4, 0.5) is 10.1 Å². The summed E-state index contributed by atoms with van der Waals surface area (Å²) < 4.78 is 18.6. The van der Waals surface area contributed by atoms with Crippen LogP contribution in [0.5, 0.6) is 5.75 Å². The summed E-state index contributed by atoms with van der Waals surface area (Å²) in [6, 6.07) is 9.53. The molecule has 0 spiro atoms. The molecule has 4 nitrogen and oxygen atoms in total. The molecule has 118 valence electrons. The maximum atomic E-state index is 12.9. The molecular formula is C18H17FN2O2. The van der Waals surface area contributed by atoms with E-state index in [-0.39, 0.29) is 11.6 Å². The summed E-state index contributed by atoms with van der Waals surface area (Å²) in [6.07, 6.45) is 0.416. The number of benzene rings is 2. The molecule has 0 saturated carbocycles. The number of carbonyl (C=O) groups is 1. The Balaban J connectivity index is 1.88. The van der Waals surface area contributed by atoms with Crippen LogP contribution >= 0.6 is 0 Å². The van der Waals surface area contributed by atoms with Crippen LogP contribution in [-0.2, 0) is 0 Å². The number of hydrogen-bond acceptors (Lipinski definition) is 4. The van der Waals surface area contributed by atoms with Crippen molar-refractivity contribution >= 4 is 17.2 Å². The molecule has 0 amide bonds. The molecule has 3 rings (SSSR count). The highest BCUT2D eigenvalue weighted by Crippen LogP contribution is 2.27. The molecule has 2 aromatic carbocycles. The Morgan fingerprint density at radius 3 is 2.57 bits per heavy atom. The number of nitrogens with zero attached hydrogens (tertiary/aromatic N) is 1. The maximum absolute atomic E-state index is 12.9. The second-order valence-electron chi connectivity index (χ2n) is 5.54. The predicted molar refractivity (Wildman–Crippen MR) is 87.8 cm³/mol. The molecule has 1 N–H and O–H groups in total. The lowest BCUT2D eigenvalue weighted by atomic mass is 10.00. The molecule has 5 heteroatoms. The zero-order valence-corrected chi connectivity index (χ0v) is 13.0. The van der Waals surface area contributed by atoms with Crippen LogP contribution in [0.1, 0.15) is 27.9 Å². The molecule has 0 fully saturated rings. The summed E-state index contributed by atoms with van der Waals surface area (Å²) in [6.45, 7) is 4.34. The van der Waals surface area contributed by atoms with E-state index in [4.69, 9.17) is 4.74 Å². The van der Waals surface area contributed by atoms with Crippen LogP contribution in [0.2, 0.25) is 0 Å². The summed E-state index contributed by atoms with van der Waals surface area (Å²) in [5.74, 6) is 0.141. The van der Waals surface area contributed by atoms with Gasteiger partial charge < -0.3 is 4.74 Å². The number of carbonyl (C=O) groups excluding carboxylic acids is 1. The van der Waals surface area contributed by atoms with Gasteiger partial charge in [0.05, 0.1) is 17.9 Å². The molecular weight excluding hydrogens is 295 g/mol. The molecule has 1 heterocycles. The van der Waals surface area contributed by atoms with Crippen LogP contribution in [-0.4, -0.2) is 18.1 Å². The van der Waals surface area contributed by atoms with E-state index in [0.29, 0.717) is 35.7 Å². The van der Waals surface area contributed by atoms with E-state index in [1.165, 1.54) is 12.1 Å². The quantitative estimate of drug-likeness (QED) is 0.856. The second kappa shape index (κ2) is 6.20. The van der Waals surface area contributed by atoms with Gasteiger partial charge in [-0.15, -0.1) is 0 Å². The van der Waals surface area contributed by atoms with Gasteiger partial charge in [-0.05, 0) is 61.4 Å². The third kappa shape index (κ3) is 3.23. The number of Topliss-reactive ketones (excluding diaryl/α,β-unsaturated/α-hetero) is 1. The fourth-order valence-electron chi connectivity index (χ4n) is 2.38. The number of halogens is 1. The van der Waals surface area contributed by atoms with Gasteiger partial charge in [-0.3, -0.25) is 10.2 Å². The minimum atomic E-state index is -0.318. The molecule has 2 aromatic rings. The highest BCUT2D eigenvalue weighted by Gasteiger charge is 2.23. The van der Waals surface area contributed by atoms with Gasteiger partial charge >= 0.3 is 0 Å². The van der Waals surface area contributed by atoms with Crippen molar-refractivity contribution in [2.45, 2.75) is 20.3 Å². The van der Waals surface area contributed by atoms with E-state index in [2.05, 4.69) is 10.5 Å². The van der Waals surface area contributed by atoms with E-state index >= 15 is 0 Å². The average molecular weight is 312 g/mol. The van der Waals surface area contributed by atoms with E-state index in [0.717, 1.165) is 11.1 Å². The number of aryl methyl sites for hydroxylation is 2. The Morgan fingerprint density at radius 1 is 1.13 bits per heavy atom. The molecule has 0 saturated heterocycles. The van der Waals surface area contributed by atoms with Gasteiger partial charge in [0.1, 0.15) is 17.3 Å². The molecule has 0 aliphatic carbocycles. The number of hydrazone groups is 1. The summed E-state index contributed by atoms with van der Waals surface area (Å²) in [7, 11) is 0. The lowest BCUT2D eigenvalue weighted by Gasteiger charge is -2.09. The van der Waals surface area contributed by atoms with Crippen molar-refractivity contribution in [3.63, 3.8) is 0 Å². The lowest BCUT2D eigenvalue weighted by molar-refractivity contribution is 0.106. The minimum absolute atomic E-state index is 0.143. The Morgan fingerprint density at radius 2 is 1.83 bits per heavy atom. The first-order valence-corrected chi connectivity index (χ1v) is 7.41. The highest BCUT2D eigenvalue weighted by molar-refractivity contribution is 6.46. The van der Waals surface area contributed by atoms with Crippen LogP contribution in [0.3, 0.4) is 0 Å². The van der Waals surface area contributed by atoms with E-state index in [1.54, 1.807) is 12.1 Å². The zero-order valence-electron chi connectivity index (χ0n) is 13.0. The minimum Gasteiger partial charge on any atom is -0.492 e. The van der Waals surface area contributed by atoms with E-state index < -0.39 is 0 Å². The Bertz CT molecular complexity index is 782. The van der Waals surface area contributed by atoms with Gasteiger partial charge in [-0.2, -0.15) is 5.10 Å². The van der Waals surface area contributed by atoms with Crippen molar-refractivity contribution in [3.8, 4) is 5.75 Å². The third-order valence-corrected chi connectivity index (χ3v) is 3.86. The highest BCUT2D eigenvalue weighted by atomic mass is 19.1. The number of anilines is 1. The normalized spacial score (nSPS) is 15.8. The molecule has 0 aromatic heterocycles. The summed E-state index contributed by atoms with van der Waals surface area (Å²) in [5.41, 5.74) is 6.48. The van der Waals surface area contributed by atoms with Crippen molar-refractivity contribution in [3.05, 3.63) is 58.9 Å². The van der Waals surface area contributed by atoms with Crippen LogP contribution < -0.4 is 10.2 Å². The third-order valence-electron chi connectivity index (χ3n) is 3.86. The SMILES string of the molecule is Cc1cc2c(cc1C)C(=O)/C(=N/Nc1ccc(F)cc1)CCO2. The first-order valence-electron chi connectivity index (χ1n) is 7.41. The number of hydrogen-bond donors (Lipinski definition) is 1. The van der Waals surface area contributed by atoms with Crippen molar-refractivity contribution in [1.29, 1.82) is 0 Å². The van der Waals surface area contributed by atoms with Gasteiger partial charge in [0.15, 0.2) is 0 Å². The smallest absolute Gasteiger partial charge is 0.212 e. The van der Waals surface area contributed by atoms with Gasteiger partial charge in [-0.1, -0.05) is 0 Å². The number of ether oxygens (including phenoxy) is 1. The number of nitrogens with one attached hydrogen (secondary N) is 1. The van der Waals surface area contributed by atoms with Gasteiger partial charge in [0, 0.05) is 6.42 Å². The monoisotopic (exact) mass is 312 g/mol. The number of rotatable bonds is 2. The number of fused-ring (bicyclic) bond motifs is 1. The predicted octanol–water partition coefficient (Wildman–Crippen LogP) is 3.88. The van der Waals surface area contributed by atoms with Crippen LogP contribution in [0, 0.1) is 19.7 Å². The van der Waals surface area contributed by atoms with Gasteiger partial charge in [0.2, 0.25) is 5.78 Å². The lowest BCUT2D eigenvalue weighted by Crippen LogP contribution is -2.15. The first-order chi connectivity index (χ1) is 11.0. The van der Waals surface area contributed by atoms with Crippen molar-refractivity contribution in [2.24, 2.45) is 5.10 Å². The number of ketones is 1. The second-order valence-corrected chi connectivity index (χ2v) is 5.54. The molecule has 0 atom stereocenters. The van der Waals surface area contributed by atoms with E-state index in [1.807, 2.05) is 26.0 Å². The van der Waals surface area contributed by atoms with Crippen molar-refractivity contribution in [2.75, 3.05) is 12.0 Å². The van der Waals surface area contributed by atoms with Crippen molar-refractivity contribution in [1.82, 2.24) is 0 Å². The fraction of sp³-hybridized carbons (Fsp3) is 0.222. The standard InChI is InChI=1S/C18H17FN2O2/c1-11-9-15-17(10-12(11)2)23-8-7-16(18(15)22)21-20-14-5-3-13(19)4-6-14/h3-6,9-10,20H,7-8H2,1-2H3/b21-16+. The Hall–Kier alpha value is -2.69. The van der Waals surface area contributed by atoms with Crippen LogP contribution in [0.15, 0.2) is 41.5 Å². The summed E-state index contributed by atoms with van der Waals surface area (Å²) in [4.78, 5) is 12.7. The van der Waals surface area contributed by atoms with E-state index in [9.17, 15) is 9.18 Å². The molecule has 23 heavy (non-hydrogen) atoms. The largest absolute Gasteiger partial charge is 0.492 e. The molecule has 1 aliphatic heterocycles. The van der Waals surface area contributed by atoms with Gasteiger partial charge in [0.25, 0.3) is 0 Å². The van der Waals surface area contributed by atoms with Crippen molar-refractivity contribution < 1.29 is 13.9 Å². The summed E-state index contributed by atoms with van der Waals surface area (Å²) >= 11 is 0. The molecule has 0 radical (unpaired) electrons. The summed E-state index contributed by atoms with van der Waals surface area (Å²) in [5, 5.41) is 4.19.